The third-order valence-electron chi connectivity index (χ3n) is 5.13. The van der Waals surface area contributed by atoms with Crippen molar-refractivity contribution in [2.24, 2.45) is 0 Å². The van der Waals surface area contributed by atoms with Gasteiger partial charge in [0.15, 0.2) is 5.76 Å². The van der Waals surface area contributed by atoms with Gasteiger partial charge in [0.05, 0.1) is 12.4 Å². The van der Waals surface area contributed by atoms with Crippen molar-refractivity contribution in [1.29, 1.82) is 0 Å². The number of furan rings is 1. The Labute approximate surface area is 164 Å². The van der Waals surface area contributed by atoms with Crippen LogP contribution in [0, 0.1) is 0 Å². The molecule has 2 fully saturated rings. The molecule has 1 aromatic rings. The molecule has 0 spiro atoms. The van der Waals surface area contributed by atoms with Gasteiger partial charge in [0.25, 0.3) is 5.91 Å². The summed E-state index contributed by atoms with van der Waals surface area (Å²) in [7, 11) is 0. The second kappa shape index (κ2) is 10.1. The monoisotopic (exact) mass is 395 g/mol. The van der Waals surface area contributed by atoms with Crippen LogP contribution in [-0.4, -0.2) is 85.1 Å². The van der Waals surface area contributed by atoms with E-state index in [9.17, 15) is 9.59 Å². The number of hydrogen-bond donors (Lipinski definition) is 1. The Morgan fingerprint density at radius 1 is 1.33 bits per heavy atom. The number of ether oxygens (including phenoxy) is 1. The number of nitrogens with one attached hydrogen (secondary N) is 1. The molecule has 2 amide bonds. The highest BCUT2D eigenvalue weighted by atomic mass is 32.2. The van der Waals surface area contributed by atoms with E-state index in [1.165, 1.54) is 6.26 Å². The molecule has 0 unspecified atom stereocenters. The van der Waals surface area contributed by atoms with Crippen LogP contribution in [0.5, 0.6) is 0 Å². The van der Waals surface area contributed by atoms with Crippen LogP contribution in [-0.2, 0) is 9.53 Å². The van der Waals surface area contributed by atoms with Crippen LogP contribution in [0.1, 0.15) is 29.8 Å². The Bertz CT molecular complexity index is 596. The first-order valence-corrected chi connectivity index (χ1v) is 11.0. The maximum absolute atomic E-state index is 13.0. The summed E-state index contributed by atoms with van der Waals surface area (Å²) in [6, 6.07) is 2.76. The van der Waals surface area contributed by atoms with Crippen molar-refractivity contribution in [3.63, 3.8) is 0 Å². The third-order valence-corrected chi connectivity index (χ3v) is 5.77. The smallest absolute Gasteiger partial charge is 0.287 e. The molecule has 2 aliphatic heterocycles. The Balaban J connectivity index is 1.51. The minimum Gasteiger partial charge on any atom is -0.459 e. The minimum absolute atomic E-state index is 0.000669. The molecule has 2 atom stereocenters. The Morgan fingerprint density at radius 2 is 2.15 bits per heavy atom. The molecule has 1 aromatic heterocycles. The van der Waals surface area contributed by atoms with Gasteiger partial charge in [-0.1, -0.05) is 0 Å². The van der Waals surface area contributed by atoms with Crippen molar-refractivity contribution >= 4 is 23.6 Å². The van der Waals surface area contributed by atoms with Crippen LogP contribution in [0.15, 0.2) is 22.8 Å². The van der Waals surface area contributed by atoms with Crippen molar-refractivity contribution < 1.29 is 18.7 Å². The molecular formula is C19H29N3O4S. The fourth-order valence-corrected chi connectivity index (χ4v) is 4.05. The van der Waals surface area contributed by atoms with Gasteiger partial charge in [-0.2, -0.15) is 11.8 Å². The third kappa shape index (κ3) is 5.73. The summed E-state index contributed by atoms with van der Waals surface area (Å²) in [4.78, 5) is 29.5. The van der Waals surface area contributed by atoms with Gasteiger partial charge in [-0.25, -0.2) is 0 Å². The fourth-order valence-electron chi connectivity index (χ4n) is 3.58. The summed E-state index contributed by atoms with van der Waals surface area (Å²) in [5.41, 5.74) is 0. The lowest BCUT2D eigenvalue weighted by Crippen LogP contribution is -2.55. The van der Waals surface area contributed by atoms with E-state index < -0.39 is 6.04 Å². The van der Waals surface area contributed by atoms with Crippen LogP contribution in [0.2, 0.25) is 0 Å². The van der Waals surface area contributed by atoms with Gasteiger partial charge >= 0.3 is 0 Å². The van der Waals surface area contributed by atoms with Crippen LogP contribution in [0.25, 0.3) is 0 Å². The molecule has 0 saturated carbocycles. The standard InChI is InChI=1S/C19H29N3O4S/c1-27-13-6-16(20-18(23)17-5-3-12-26-17)19(24)22-9-7-21(8-10-22)14-15-4-2-11-25-15/h3,5,12,15-16H,2,4,6-11,13-14H2,1H3,(H,20,23)/t15-,16+/m1/s1. The Morgan fingerprint density at radius 3 is 2.78 bits per heavy atom. The number of amides is 2. The Kier molecular flexibility index (Phi) is 7.60. The maximum atomic E-state index is 13.0. The van der Waals surface area contributed by atoms with Crippen molar-refractivity contribution in [2.75, 3.05) is 51.3 Å². The summed E-state index contributed by atoms with van der Waals surface area (Å²) in [6.07, 6.45) is 6.70. The van der Waals surface area contributed by atoms with Crippen LogP contribution >= 0.6 is 11.8 Å². The van der Waals surface area contributed by atoms with Gasteiger partial charge in [0.1, 0.15) is 6.04 Å². The molecule has 1 N–H and O–H groups in total. The molecule has 2 saturated heterocycles. The lowest BCUT2D eigenvalue weighted by atomic mass is 10.1. The van der Waals surface area contributed by atoms with E-state index >= 15 is 0 Å². The highest BCUT2D eigenvalue weighted by molar-refractivity contribution is 7.98. The quantitative estimate of drug-likeness (QED) is 0.718. The topological polar surface area (TPSA) is 75.0 Å². The largest absolute Gasteiger partial charge is 0.459 e. The summed E-state index contributed by atoms with van der Waals surface area (Å²) in [5.74, 6) is 0.712. The van der Waals surface area contributed by atoms with Crippen molar-refractivity contribution in [3.8, 4) is 0 Å². The van der Waals surface area contributed by atoms with Crippen molar-refractivity contribution in [1.82, 2.24) is 15.1 Å². The number of thioether (sulfide) groups is 1. The summed E-state index contributed by atoms with van der Waals surface area (Å²) >= 11 is 1.67. The van der Waals surface area contributed by atoms with Crippen LogP contribution < -0.4 is 5.32 Å². The molecule has 0 bridgehead atoms. The molecular weight excluding hydrogens is 366 g/mol. The highest BCUT2D eigenvalue weighted by Gasteiger charge is 2.30. The normalized spacial score (nSPS) is 22.0. The molecule has 27 heavy (non-hydrogen) atoms. The van der Waals surface area contributed by atoms with E-state index in [-0.39, 0.29) is 17.6 Å². The SMILES string of the molecule is CSCC[C@H](NC(=O)c1ccco1)C(=O)N1CCN(C[C@H]2CCCO2)CC1. The molecule has 0 aliphatic carbocycles. The van der Waals surface area contributed by atoms with Crippen molar-refractivity contribution in [3.05, 3.63) is 24.2 Å². The van der Waals surface area contributed by atoms with E-state index in [0.29, 0.717) is 25.6 Å². The summed E-state index contributed by atoms with van der Waals surface area (Å²) in [5, 5.41) is 2.85. The van der Waals surface area contributed by atoms with Gasteiger partial charge in [0.2, 0.25) is 5.91 Å². The number of piperazine rings is 1. The fraction of sp³-hybridized carbons (Fsp3) is 0.684. The van der Waals surface area contributed by atoms with E-state index in [0.717, 1.165) is 44.8 Å². The van der Waals surface area contributed by atoms with E-state index in [4.69, 9.17) is 9.15 Å². The van der Waals surface area contributed by atoms with E-state index in [2.05, 4.69) is 10.2 Å². The van der Waals surface area contributed by atoms with E-state index in [1.807, 2.05) is 11.2 Å². The lowest BCUT2D eigenvalue weighted by molar-refractivity contribution is -0.135. The zero-order chi connectivity index (χ0) is 19.1. The van der Waals surface area contributed by atoms with Crippen molar-refractivity contribution in [2.45, 2.75) is 31.4 Å². The number of nitrogens with zero attached hydrogens (tertiary/aromatic N) is 2. The van der Waals surface area contributed by atoms with Gasteiger partial charge in [-0.05, 0) is 43.4 Å². The predicted octanol–water partition coefficient (Wildman–Crippen LogP) is 1.45. The number of carbonyl (C=O) groups is 2. The summed E-state index contributed by atoms with van der Waals surface area (Å²) in [6.45, 7) is 4.92. The number of carbonyl (C=O) groups excluding carboxylic acids is 2. The first-order valence-electron chi connectivity index (χ1n) is 9.63. The molecule has 0 radical (unpaired) electrons. The molecule has 3 heterocycles. The molecule has 150 valence electrons. The molecule has 2 aliphatic rings. The first kappa shape index (κ1) is 20.2. The second-order valence-electron chi connectivity index (χ2n) is 7.05. The molecule has 8 heteroatoms. The Hall–Kier alpha value is -1.51. The predicted molar refractivity (Wildman–Crippen MR) is 105 cm³/mol. The zero-order valence-corrected chi connectivity index (χ0v) is 16.7. The lowest BCUT2D eigenvalue weighted by Gasteiger charge is -2.37. The van der Waals surface area contributed by atoms with Gasteiger partial charge in [0, 0.05) is 39.3 Å². The second-order valence-corrected chi connectivity index (χ2v) is 8.03. The molecule has 7 nitrogen and oxygen atoms in total. The average molecular weight is 396 g/mol. The average Bonchev–Trinajstić information content (AvgIpc) is 3.39. The number of rotatable bonds is 8. The molecule has 0 aromatic carbocycles. The van der Waals surface area contributed by atoms with Gasteiger partial charge in [-0.3, -0.25) is 14.5 Å². The van der Waals surface area contributed by atoms with Crippen LogP contribution in [0.4, 0.5) is 0 Å². The van der Waals surface area contributed by atoms with Gasteiger partial charge < -0.3 is 19.4 Å². The maximum Gasteiger partial charge on any atom is 0.287 e. The summed E-state index contributed by atoms with van der Waals surface area (Å²) < 4.78 is 10.9. The number of hydrogen-bond acceptors (Lipinski definition) is 6. The minimum atomic E-state index is -0.514. The van der Waals surface area contributed by atoms with Crippen LogP contribution in [0.3, 0.4) is 0 Å². The molecule has 3 rings (SSSR count). The van der Waals surface area contributed by atoms with E-state index in [1.54, 1.807) is 23.9 Å². The zero-order valence-electron chi connectivity index (χ0n) is 15.9. The van der Waals surface area contributed by atoms with Gasteiger partial charge in [-0.15, -0.1) is 0 Å². The first-order chi connectivity index (χ1) is 13.2. The highest BCUT2D eigenvalue weighted by Crippen LogP contribution is 2.15.